The van der Waals surface area contributed by atoms with Gasteiger partial charge in [0.05, 0.1) is 10.4 Å². The molecule has 0 aliphatic heterocycles. The van der Waals surface area contributed by atoms with Gasteiger partial charge in [0.2, 0.25) is 0 Å². The third-order valence-corrected chi connectivity index (χ3v) is 1.13. The zero-order valence-corrected chi connectivity index (χ0v) is 6.29. The minimum absolute atomic E-state index is 0.0494. The molecule has 0 aromatic heterocycles. The van der Waals surface area contributed by atoms with Crippen molar-refractivity contribution in [1.29, 1.82) is 0 Å². The molecule has 0 aliphatic carbocycles. The fraction of sp³-hybridized carbons (Fsp3) is 0.600. The Balaban J connectivity index is 4.00. The maximum atomic E-state index is 8.82. The van der Waals surface area contributed by atoms with E-state index < -0.39 is 0 Å². The van der Waals surface area contributed by atoms with Crippen molar-refractivity contribution < 1.29 is 5.11 Å². The highest BCUT2D eigenvalue weighted by atomic mass is 35.5. The number of aliphatic hydroxyl groups excluding tert-OH is 1. The first-order valence-corrected chi connectivity index (χ1v) is 3.06. The summed E-state index contributed by atoms with van der Waals surface area (Å²) in [5.74, 6) is 0.0494. The van der Waals surface area contributed by atoms with Gasteiger partial charge in [-0.1, -0.05) is 11.6 Å². The Bertz CT molecular complexity index is 103. The number of hydrogen-bond acceptors (Lipinski definition) is 1. The molecule has 8 heavy (non-hydrogen) atoms. The molecule has 0 aromatic carbocycles. The average Bonchev–Trinajstić information content (AvgIpc) is 1.64. The van der Waals surface area contributed by atoms with Crippen molar-refractivity contribution in [2.24, 2.45) is 0 Å². The number of hydrogen-bond donors (Lipinski definition) is 1. The molecular weight excluding hydrogens is 147 g/mol. The Labute approximate surface area is 58.9 Å². The minimum atomic E-state index is -0.382. The van der Waals surface area contributed by atoms with Gasteiger partial charge < -0.3 is 5.11 Å². The number of aliphatic hydroxyl groups is 1. The molecule has 0 saturated carbocycles. The van der Waals surface area contributed by atoms with Gasteiger partial charge in [-0.3, -0.25) is 0 Å². The number of rotatable bonds is 1. The molecule has 0 heterocycles. The molecule has 1 N–H and O–H groups in total. The normalized spacial score (nSPS) is 17.5. The summed E-state index contributed by atoms with van der Waals surface area (Å²) < 4.78 is 0. The summed E-state index contributed by atoms with van der Waals surface area (Å²) in [6.45, 7) is 3.25. The van der Waals surface area contributed by atoms with Crippen molar-refractivity contribution in [2.75, 3.05) is 0 Å². The average molecular weight is 155 g/mol. The molecule has 0 saturated heterocycles. The van der Waals surface area contributed by atoms with E-state index in [0.29, 0.717) is 5.03 Å². The molecule has 3 heteroatoms. The van der Waals surface area contributed by atoms with Crippen LogP contribution in [-0.2, 0) is 0 Å². The first-order valence-electron chi connectivity index (χ1n) is 2.25. The SMILES string of the molecule is CC(Cl)=C(O)C(C)Cl. The van der Waals surface area contributed by atoms with E-state index in [9.17, 15) is 0 Å². The maximum Gasteiger partial charge on any atom is 0.124 e. The van der Waals surface area contributed by atoms with E-state index >= 15 is 0 Å². The van der Waals surface area contributed by atoms with Crippen molar-refractivity contribution in [2.45, 2.75) is 19.2 Å². The Kier molecular flexibility index (Phi) is 3.25. The number of halogens is 2. The van der Waals surface area contributed by atoms with Crippen molar-refractivity contribution in [3.8, 4) is 0 Å². The van der Waals surface area contributed by atoms with Crippen LogP contribution < -0.4 is 0 Å². The van der Waals surface area contributed by atoms with E-state index in [1.165, 1.54) is 0 Å². The predicted octanol–water partition coefficient (Wildman–Crippen LogP) is 2.64. The molecule has 48 valence electrons. The van der Waals surface area contributed by atoms with E-state index in [4.69, 9.17) is 28.3 Å². The smallest absolute Gasteiger partial charge is 0.124 e. The lowest BCUT2D eigenvalue weighted by Gasteiger charge is -2.00. The quantitative estimate of drug-likeness (QED) is 0.455. The molecular formula is C5H8Cl2O. The highest BCUT2D eigenvalue weighted by molar-refractivity contribution is 6.30. The van der Waals surface area contributed by atoms with Gasteiger partial charge in [0.25, 0.3) is 0 Å². The summed E-state index contributed by atoms with van der Waals surface area (Å²) in [5, 5.41) is 8.79. The molecule has 0 bridgehead atoms. The molecule has 1 unspecified atom stereocenters. The molecule has 0 fully saturated rings. The van der Waals surface area contributed by atoms with E-state index in [0.717, 1.165) is 0 Å². The van der Waals surface area contributed by atoms with Crippen molar-refractivity contribution in [3.63, 3.8) is 0 Å². The molecule has 0 aromatic rings. The van der Waals surface area contributed by atoms with Gasteiger partial charge in [-0.25, -0.2) is 0 Å². The van der Waals surface area contributed by atoms with E-state index in [2.05, 4.69) is 0 Å². The lowest BCUT2D eigenvalue weighted by atomic mass is 10.4. The molecule has 0 radical (unpaired) electrons. The highest BCUT2D eigenvalue weighted by Gasteiger charge is 2.03. The second-order valence-electron chi connectivity index (χ2n) is 1.53. The number of allylic oxidation sites excluding steroid dienone is 2. The third kappa shape index (κ3) is 2.43. The summed E-state index contributed by atoms with van der Waals surface area (Å²) in [5.41, 5.74) is 0. The van der Waals surface area contributed by atoms with Gasteiger partial charge >= 0.3 is 0 Å². The van der Waals surface area contributed by atoms with Crippen LogP contribution in [0, 0.1) is 0 Å². The second-order valence-corrected chi connectivity index (χ2v) is 2.76. The largest absolute Gasteiger partial charge is 0.510 e. The van der Waals surface area contributed by atoms with Gasteiger partial charge in [0, 0.05) is 0 Å². The highest BCUT2D eigenvalue weighted by Crippen LogP contribution is 2.12. The van der Waals surface area contributed by atoms with Gasteiger partial charge in [0.15, 0.2) is 0 Å². The van der Waals surface area contributed by atoms with Crippen molar-refractivity contribution in [3.05, 3.63) is 10.8 Å². The van der Waals surface area contributed by atoms with Crippen molar-refractivity contribution >= 4 is 23.2 Å². The Morgan fingerprint density at radius 1 is 1.62 bits per heavy atom. The molecule has 0 aliphatic rings. The van der Waals surface area contributed by atoms with Gasteiger partial charge in [-0.15, -0.1) is 11.6 Å². The molecule has 1 atom stereocenters. The van der Waals surface area contributed by atoms with Crippen LogP contribution in [0.25, 0.3) is 0 Å². The maximum absolute atomic E-state index is 8.82. The Morgan fingerprint density at radius 2 is 2.00 bits per heavy atom. The van der Waals surface area contributed by atoms with Crippen LogP contribution in [0.1, 0.15) is 13.8 Å². The van der Waals surface area contributed by atoms with Crippen LogP contribution in [0.5, 0.6) is 0 Å². The van der Waals surface area contributed by atoms with Crippen LogP contribution in [0.2, 0.25) is 0 Å². The fourth-order valence-electron chi connectivity index (χ4n) is 0.274. The molecule has 0 rings (SSSR count). The predicted molar refractivity (Wildman–Crippen MR) is 36.5 cm³/mol. The first kappa shape index (κ1) is 8.12. The van der Waals surface area contributed by atoms with E-state index in [-0.39, 0.29) is 11.1 Å². The van der Waals surface area contributed by atoms with Crippen LogP contribution in [-0.4, -0.2) is 10.5 Å². The Hall–Kier alpha value is 0.120. The lowest BCUT2D eigenvalue weighted by Crippen LogP contribution is -1.96. The molecule has 1 nitrogen and oxygen atoms in total. The zero-order chi connectivity index (χ0) is 6.73. The standard InChI is InChI=1S/C5H8Cl2O/c1-3(6)5(8)4(2)7/h3,8H,1-2H3. The van der Waals surface area contributed by atoms with Crippen molar-refractivity contribution in [1.82, 2.24) is 0 Å². The lowest BCUT2D eigenvalue weighted by molar-refractivity contribution is 0.394. The first-order chi connectivity index (χ1) is 3.55. The summed E-state index contributed by atoms with van der Waals surface area (Å²) in [7, 11) is 0. The van der Waals surface area contributed by atoms with E-state index in [1.54, 1.807) is 13.8 Å². The number of alkyl halides is 1. The van der Waals surface area contributed by atoms with Crippen LogP contribution in [0.4, 0.5) is 0 Å². The van der Waals surface area contributed by atoms with Crippen LogP contribution in [0.15, 0.2) is 10.8 Å². The Morgan fingerprint density at radius 3 is 2.00 bits per heavy atom. The summed E-state index contributed by atoms with van der Waals surface area (Å²) in [6.07, 6.45) is 0. The van der Waals surface area contributed by atoms with Gasteiger partial charge in [-0.2, -0.15) is 0 Å². The van der Waals surface area contributed by atoms with Gasteiger partial charge in [0.1, 0.15) is 5.76 Å². The van der Waals surface area contributed by atoms with Crippen LogP contribution in [0.3, 0.4) is 0 Å². The molecule has 0 spiro atoms. The topological polar surface area (TPSA) is 20.2 Å². The fourth-order valence-corrected chi connectivity index (χ4v) is 0.657. The van der Waals surface area contributed by atoms with Crippen LogP contribution >= 0.6 is 23.2 Å². The van der Waals surface area contributed by atoms with Gasteiger partial charge in [-0.05, 0) is 13.8 Å². The minimum Gasteiger partial charge on any atom is -0.510 e. The van der Waals surface area contributed by atoms with E-state index in [1.807, 2.05) is 0 Å². The summed E-state index contributed by atoms with van der Waals surface area (Å²) in [6, 6.07) is 0. The second kappa shape index (κ2) is 3.21. The summed E-state index contributed by atoms with van der Waals surface area (Å²) >= 11 is 10.8. The zero-order valence-electron chi connectivity index (χ0n) is 4.78. The third-order valence-electron chi connectivity index (χ3n) is 0.730. The molecule has 0 amide bonds. The summed E-state index contributed by atoms with van der Waals surface area (Å²) in [4.78, 5) is 0. The monoisotopic (exact) mass is 154 g/mol.